The molecule has 41 heavy (non-hydrogen) atoms. The van der Waals surface area contributed by atoms with Crippen LogP contribution in [0.15, 0.2) is 12.7 Å². The molecule has 0 spiro atoms. The fraction of sp³-hybridized carbons (Fsp3) is 0.774. The molecule has 1 fully saturated rings. The van der Waals surface area contributed by atoms with Gasteiger partial charge in [-0.3, -0.25) is 4.57 Å². The molecule has 0 aliphatic heterocycles. The van der Waals surface area contributed by atoms with E-state index in [1.807, 2.05) is 6.92 Å². The number of nitrogen functional groups attached to an aromatic ring is 1. The van der Waals surface area contributed by atoms with Gasteiger partial charge in [0.25, 0.3) is 0 Å². The van der Waals surface area contributed by atoms with Crippen molar-refractivity contribution in [1.29, 1.82) is 0 Å². The topological polar surface area (TPSA) is 125 Å². The molecule has 2 aromatic heterocycles. The van der Waals surface area contributed by atoms with E-state index in [2.05, 4.69) is 26.8 Å². The van der Waals surface area contributed by atoms with Gasteiger partial charge < -0.3 is 24.5 Å². The summed E-state index contributed by atoms with van der Waals surface area (Å²) in [5.41, 5.74) is 6.95. The van der Waals surface area contributed by atoms with Crippen LogP contribution < -0.4 is 5.73 Å². The summed E-state index contributed by atoms with van der Waals surface area (Å²) in [6.07, 6.45) is 24.9. The minimum absolute atomic E-state index is 0.279. The van der Waals surface area contributed by atoms with Gasteiger partial charge in [-0.1, -0.05) is 89.4 Å². The highest BCUT2D eigenvalue weighted by Gasteiger charge is 2.21. The van der Waals surface area contributed by atoms with Gasteiger partial charge in [-0.25, -0.2) is 15.0 Å². The Morgan fingerprint density at radius 1 is 0.976 bits per heavy atom. The van der Waals surface area contributed by atoms with Gasteiger partial charge in [-0.2, -0.15) is 0 Å². The van der Waals surface area contributed by atoms with Gasteiger partial charge in [-0.05, 0) is 32.6 Å². The molecule has 0 radical (unpaired) electrons. The van der Waals surface area contributed by atoms with E-state index in [-0.39, 0.29) is 19.1 Å². The van der Waals surface area contributed by atoms with Crippen LogP contribution in [0.2, 0.25) is 0 Å². The molecule has 3 N–H and O–H groups in total. The minimum atomic E-state index is -3.79. The second kappa shape index (κ2) is 19.3. The second-order valence-corrected chi connectivity index (χ2v) is 13.3. The van der Waals surface area contributed by atoms with Gasteiger partial charge in [0.05, 0.1) is 25.6 Å². The lowest BCUT2D eigenvalue weighted by Crippen LogP contribution is -2.17. The third kappa shape index (κ3) is 13.7. The standard InChI is InChI=1S/C31H52N5O4P/c1-27(23-36-25-35-29-30(32)33-24-34-31(29)36)39-26-41(37,38)40-22-18-14-12-10-8-6-4-2-3-5-7-9-11-13-15-19-28-20-16-17-21-28/h24-25,27-28H,2-14,16-18,20-23,26H2,1H3,(H,37,38)(H2,32,33,34)/t27-/m1/s1. The van der Waals surface area contributed by atoms with E-state index < -0.39 is 7.60 Å². The first-order valence-electron chi connectivity index (χ1n) is 15.9. The Balaban J connectivity index is 1.08. The van der Waals surface area contributed by atoms with Crippen molar-refractivity contribution >= 4 is 24.6 Å². The summed E-state index contributed by atoms with van der Waals surface area (Å²) in [5, 5.41) is 0. The number of fused-ring (bicyclic) bond motifs is 1. The van der Waals surface area contributed by atoms with Crippen LogP contribution in [0.4, 0.5) is 5.82 Å². The largest absolute Gasteiger partial charge is 0.382 e. The van der Waals surface area contributed by atoms with Crippen LogP contribution in [0.3, 0.4) is 0 Å². The summed E-state index contributed by atoms with van der Waals surface area (Å²) < 4.78 is 25.0. The number of imidazole rings is 1. The normalized spacial score (nSPS) is 16.0. The van der Waals surface area contributed by atoms with Gasteiger partial charge in [0.1, 0.15) is 18.2 Å². The number of ether oxygens (including phenoxy) is 1. The maximum absolute atomic E-state index is 12.3. The number of nitrogens with two attached hydrogens (primary N) is 1. The molecule has 1 aliphatic rings. The van der Waals surface area contributed by atoms with Crippen LogP contribution in [-0.4, -0.2) is 43.5 Å². The van der Waals surface area contributed by atoms with E-state index in [1.165, 1.54) is 96.2 Å². The van der Waals surface area contributed by atoms with E-state index in [0.717, 1.165) is 25.7 Å². The summed E-state index contributed by atoms with van der Waals surface area (Å²) in [4.78, 5) is 22.5. The van der Waals surface area contributed by atoms with Crippen LogP contribution in [0, 0.1) is 17.8 Å². The molecule has 0 amide bonds. The molecule has 10 heteroatoms. The molecule has 2 heterocycles. The maximum atomic E-state index is 12.3. The molecular weight excluding hydrogens is 537 g/mol. The first kappa shape index (κ1) is 33.5. The lowest BCUT2D eigenvalue weighted by atomic mass is 10.0. The van der Waals surface area contributed by atoms with E-state index >= 15 is 0 Å². The number of aromatic nitrogens is 4. The van der Waals surface area contributed by atoms with Crippen LogP contribution in [0.25, 0.3) is 11.2 Å². The molecule has 0 aromatic carbocycles. The lowest BCUT2D eigenvalue weighted by Gasteiger charge is -2.17. The number of unbranched alkanes of at least 4 members (excludes halogenated alkanes) is 13. The summed E-state index contributed by atoms with van der Waals surface area (Å²) >= 11 is 0. The van der Waals surface area contributed by atoms with E-state index in [4.69, 9.17) is 15.0 Å². The Morgan fingerprint density at radius 3 is 2.24 bits per heavy atom. The van der Waals surface area contributed by atoms with Crippen molar-refractivity contribution in [3.63, 3.8) is 0 Å². The molecule has 1 aliphatic carbocycles. The monoisotopic (exact) mass is 589 g/mol. The van der Waals surface area contributed by atoms with Crippen molar-refractivity contribution < 1.29 is 18.7 Å². The molecule has 9 nitrogen and oxygen atoms in total. The second-order valence-electron chi connectivity index (χ2n) is 11.6. The van der Waals surface area contributed by atoms with Crippen molar-refractivity contribution in [3.8, 4) is 11.8 Å². The third-order valence-corrected chi connectivity index (χ3v) is 8.87. The highest BCUT2D eigenvalue weighted by atomic mass is 31.2. The number of hydrogen-bond acceptors (Lipinski definition) is 7. The quantitative estimate of drug-likeness (QED) is 0.0865. The van der Waals surface area contributed by atoms with E-state index in [0.29, 0.717) is 29.4 Å². The summed E-state index contributed by atoms with van der Waals surface area (Å²) in [6.45, 7) is 2.52. The zero-order valence-corrected chi connectivity index (χ0v) is 26.0. The number of anilines is 1. The Hall–Kier alpha value is -1.98. The minimum Gasteiger partial charge on any atom is -0.382 e. The van der Waals surface area contributed by atoms with Gasteiger partial charge in [0.15, 0.2) is 11.5 Å². The lowest BCUT2D eigenvalue weighted by molar-refractivity contribution is 0.0715. The van der Waals surface area contributed by atoms with Crippen LogP contribution in [0.5, 0.6) is 0 Å². The SMILES string of the molecule is C[C@H](Cn1cnc2c(N)ncnc21)OCP(=O)(O)OCCCCCCCCCCCCCCCC#CC1CCCC1. The Labute approximate surface area is 246 Å². The molecule has 1 unspecified atom stereocenters. The smallest absolute Gasteiger partial charge is 0.353 e. The van der Waals surface area contributed by atoms with E-state index in [1.54, 1.807) is 10.9 Å². The molecule has 0 bridgehead atoms. The van der Waals surface area contributed by atoms with Crippen molar-refractivity contribution in [2.45, 2.75) is 135 Å². The molecule has 2 aromatic rings. The number of hydrogen-bond donors (Lipinski definition) is 2. The average Bonchev–Trinajstić information content (AvgIpc) is 3.62. The number of nitrogens with zero attached hydrogens (tertiary/aromatic N) is 4. The molecule has 2 atom stereocenters. The highest BCUT2D eigenvalue weighted by Crippen LogP contribution is 2.42. The Bertz CT molecular complexity index is 1110. The summed E-state index contributed by atoms with van der Waals surface area (Å²) in [7, 11) is -3.79. The zero-order chi connectivity index (χ0) is 29.2. The molecule has 0 saturated heterocycles. The highest BCUT2D eigenvalue weighted by molar-refractivity contribution is 7.52. The molecule has 230 valence electrons. The fourth-order valence-electron chi connectivity index (χ4n) is 5.37. The number of rotatable bonds is 21. The molecule has 3 rings (SSSR count). The van der Waals surface area contributed by atoms with Gasteiger partial charge in [0, 0.05) is 12.3 Å². The van der Waals surface area contributed by atoms with Crippen molar-refractivity contribution in [2.75, 3.05) is 18.7 Å². The van der Waals surface area contributed by atoms with Crippen LogP contribution in [-0.2, 0) is 20.4 Å². The van der Waals surface area contributed by atoms with Gasteiger partial charge >= 0.3 is 7.60 Å². The Morgan fingerprint density at radius 2 is 1.59 bits per heavy atom. The van der Waals surface area contributed by atoms with Crippen molar-refractivity contribution in [2.24, 2.45) is 5.92 Å². The fourth-order valence-corrected chi connectivity index (χ4v) is 6.31. The van der Waals surface area contributed by atoms with Crippen LogP contribution >= 0.6 is 7.60 Å². The predicted octanol–water partition coefficient (Wildman–Crippen LogP) is 7.63. The zero-order valence-electron chi connectivity index (χ0n) is 25.1. The average molecular weight is 590 g/mol. The van der Waals surface area contributed by atoms with Crippen molar-refractivity contribution in [1.82, 2.24) is 19.5 Å². The molecular formula is C31H52N5O4P. The van der Waals surface area contributed by atoms with Crippen LogP contribution in [0.1, 0.15) is 122 Å². The summed E-state index contributed by atoms with van der Waals surface area (Å²) in [5.74, 6) is 7.90. The molecule has 1 saturated carbocycles. The van der Waals surface area contributed by atoms with Crippen molar-refractivity contribution in [3.05, 3.63) is 12.7 Å². The first-order valence-corrected chi connectivity index (χ1v) is 17.7. The first-order chi connectivity index (χ1) is 19.9. The van der Waals surface area contributed by atoms with Gasteiger partial charge in [0.2, 0.25) is 0 Å². The maximum Gasteiger partial charge on any atom is 0.353 e. The van der Waals surface area contributed by atoms with E-state index in [9.17, 15) is 9.46 Å². The predicted molar refractivity (Wildman–Crippen MR) is 165 cm³/mol. The third-order valence-electron chi connectivity index (χ3n) is 7.81. The Kier molecular flexibility index (Phi) is 15.7. The summed E-state index contributed by atoms with van der Waals surface area (Å²) in [6, 6.07) is 0. The van der Waals surface area contributed by atoms with Gasteiger partial charge in [-0.15, -0.1) is 5.92 Å².